The monoisotopic (exact) mass is 565 g/mol. The Morgan fingerprint density at radius 1 is 0.886 bits per heavy atom. The number of carbonyl (C=O) groups is 1. The molecule has 0 unspecified atom stereocenters. The van der Waals surface area contributed by atoms with E-state index in [1.54, 1.807) is 0 Å². The smallest absolute Gasteiger partial charge is 0.485 e. The van der Waals surface area contributed by atoms with Crippen LogP contribution in [0.1, 0.15) is 10.4 Å². The number of esters is 1. The van der Waals surface area contributed by atoms with E-state index in [4.69, 9.17) is 52.5 Å². The second kappa shape index (κ2) is 10.2. The quantitative estimate of drug-likeness (QED) is 0.0561. The molecule has 0 aliphatic carbocycles. The number of aromatic nitrogens is 1. The number of pyridine rings is 1. The van der Waals surface area contributed by atoms with E-state index in [-0.39, 0.29) is 15.8 Å². The van der Waals surface area contributed by atoms with Gasteiger partial charge >= 0.3 is 11.5 Å². The highest BCUT2D eigenvalue weighted by Crippen LogP contribution is 2.35. The van der Waals surface area contributed by atoms with Gasteiger partial charge in [0, 0.05) is 18.2 Å². The van der Waals surface area contributed by atoms with Gasteiger partial charge < -0.3 is 9.29 Å². The molecule has 0 radical (unpaired) electrons. The van der Waals surface area contributed by atoms with Gasteiger partial charge in [-0.05, 0) is 18.2 Å². The standard InChI is InChI=1S/C21H13Cl3NO2.CHF3O3S/c1-25-17-8-4-2-6-12(17)20(13-7-3-5-9-18(13)25)21(26)27-19-11-15(23)14(22)10-16(19)24;2-1(3,4)8(5,6)7/h2-11H,1H3;(H,5,6,7)/q+1;/p-1. The summed E-state index contributed by atoms with van der Waals surface area (Å²) in [5, 5.41) is 2.36. The fourth-order valence-corrected chi connectivity index (χ4v) is 3.76. The second-order valence-electron chi connectivity index (χ2n) is 6.95. The van der Waals surface area contributed by atoms with Gasteiger partial charge in [-0.15, -0.1) is 0 Å². The Bertz CT molecular complexity index is 1500. The Balaban J connectivity index is 0.000000371. The molecule has 4 rings (SSSR count). The Morgan fingerprint density at radius 3 is 1.77 bits per heavy atom. The van der Waals surface area contributed by atoms with E-state index in [9.17, 15) is 18.0 Å². The molecular formula is C22H13Cl3F3NO5S. The van der Waals surface area contributed by atoms with Crippen molar-refractivity contribution in [1.82, 2.24) is 0 Å². The van der Waals surface area contributed by atoms with Crippen LogP contribution in [0, 0.1) is 0 Å². The lowest BCUT2D eigenvalue weighted by molar-refractivity contribution is -0.617. The molecule has 0 amide bonds. The van der Waals surface area contributed by atoms with Crippen molar-refractivity contribution in [2.45, 2.75) is 5.51 Å². The first-order valence-corrected chi connectivity index (χ1v) is 11.9. The number of ether oxygens (including phenoxy) is 1. The largest absolute Gasteiger partial charge is 0.741 e. The molecular weight excluding hydrogens is 554 g/mol. The summed E-state index contributed by atoms with van der Waals surface area (Å²) in [5.74, 6) is -0.347. The molecule has 1 aromatic heterocycles. The maximum absolute atomic E-state index is 13.1. The van der Waals surface area contributed by atoms with Crippen molar-refractivity contribution >= 4 is 72.7 Å². The summed E-state index contributed by atoms with van der Waals surface area (Å²) >= 11 is 18.2. The van der Waals surface area contributed by atoms with E-state index in [1.165, 1.54) is 12.1 Å². The number of para-hydroxylation sites is 2. The fourth-order valence-electron chi connectivity index (χ4n) is 3.18. The minimum absolute atomic E-state index is 0.164. The molecule has 184 valence electrons. The molecule has 35 heavy (non-hydrogen) atoms. The van der Waals surface area contributed by atoms with E-state index in [0.717, 1.165) is 21.8 Å². The van der Waals surface area contributed by atoms with Crippen LogP contribution in [0.3, 0.4) is 0 Å². The van der Waals surface area contributed by atoms with Crippen LogP contribution in [0.2, 0.25) is 15.1 Å². The molecule has 0 spiro atoms. The summed E-state index contributed by atoms with van der Waals surface area (Å²) in [4.78, 5) is 13.1. The van der Waals surface area contributed by atoms with E-state index in [1.807, 2.05) is 60.1 Å². The van der Waals surface area contributed by atoms with Crippen molar-refractivity contribution in [3.05, 3.63) is 81.3 Å². The highest BCUT2D eigenvalue weighted by Gasteiger charge is 2.37. The maximum atomic E-state index is 13.1. The number of fused-ring (bicyclic) bond motifs is 2. The van der Waals surface area contributed by atoms with Crippen molar-refractivity contribution in [2.24, 2.45) is 7.05 Å². The number of nitrogens with zero attached hydrogens (tertiary/aromatic N) is 1. The van der Waals surface area contributed by atoms with Crippen LogP contribution >= 0.6 is 34.8 Å². The van der Waals surface area contributed by atoms with E-state index in [0.29, 0.717) is 10.6 Å². The van der Waals surface area contributed by atoms with Crippen molar-refractivity contribution in [1.29, 1.82) is 0 Å². The van der Waals surface area contributed by atoms with E-state index >= 15 is 0 Å². The Morgan fingerprint density at radius 2 is 1.31 bits per heavy atom. The molecule has 13 heteroatoms. The molecule has 0 N–H and O–H groups in total. The second-order valence-corrected chi connectivity index (χ2v) is 9.55. The van der Waals surface area contributed by atoms with Crippen molar-refractivity contribution in [2.75, 3.05) is 0 Å². The van der Waals surface area contributed by atoms with Crippen molar-refractivity contribution in [3.8, 4) is 5.75 Å². The van der Waals surface area contributed by atoms with E-state index in [2.05, 4.69) is 0 Å². The predicted octanol–water partition coefficient (Wildman–Crippen LogP) is 6.05. The zero-order valence-corrected chi connectivity index (χ0v) is 20.5. The van der Waals surface area contributed by atoms with Crippen molar-refractivity contribution in [3.63, 3.8) is 0 Å². The fraction of sp³-hybridized carbons (Fsp3) is 0.0909. The van der Waals surface area contributed by atoms with Gasteiger partial charge in [0.1, 0.15) is 7.05 Å². The number of hydrogen-bond donors (Lipinski definition) is 0. The van der Waals surface area contributed by atoms with Gasteiger partial charge in [-0.2, -0.15) is 17.7 Å². The molecule has 0 aliphatic rings. The minimum Gasteiger partial charge on any atom is -0.741 e. The molecule has 0 aliphatic heterocycles. The first-order chi connectivity index (χ1) is 16.2. The summed E-state index contributed by atoms with van der Waals surface area (Å²) < 4.78 is 66.6. The average molecular weight is 567 g/mol. The minimum atomic E-state index is -6.09. The number of hydrogen-bond acceptors (Lipinski definition) is 5. The highest BCUT2D eigenvalue weighted by atomic mass is 35.5. The van der Waals surface area contributed by atoms with Crippen LogP contribution in [-0.2, 0) is 17.2 Å². The first kappa shape index (κ1) is 27.0. The Hall–Kier alpha value is -2.63. The molecule has 0 saturated heterocycles. The SMILES string of the molecule is C[n+]1c2ccccc2c(C(=O)Oc2cc(Cl)c(Cl)cc2Cl)c2ccccc21.O=S(=O)([O-])C(F)(F)F. The lowest BCUT2D eigenvalue weighted by atomic mass is 10.0. The molecule has 0 bridgehead atoms. The number of carbonyl (C=O) groups excluding carboxylic acids is 1. The van der Waals surface area contributed by atoms with Gasteiger partial charge in [-0.3, -0.25) is 0 Å². The lowest BCUT2D eigenvalue weighted by Crippen LogP contribution is -2.31. The third-order valence-electron chi connectivity index (χ3n) is 4.73. The molecule has 0 saturated carbocycles. The third kappa shape index (κ3) is 5.79. The zero-order chi connectivity index (χ0) is 26.1. The molecule has 6 nitrogen and oxygen atoms in total. The van der Waals surface area contributed by atoms with Crippen LogP contribution in [0.4, 0.5) is 13.2 Å². The van der Waals surface area contributed by atoms with Crippen molar-refractivity contribution < 1.29 is 40.2 Å². The number of rotatable bonds is 2. The molecule has 3 aromatic carbocycles. The lowest BCUT2D eigenvalue weighted by Gasteiger charge is -2.11. The van der Waals surface area contributed by atoms with Crippen LogP contribution in [0.25, 0.3) is 21.8 Å². The third-order valence-corrected chi connectivity index (χ3v) is 6.32. The summed E-state index contributed by atoms with van der Waals surface area (Å²) in [7, 11) is -4.12. The van der Waals surface area contributed by atoms with Gasteiger partial charge in [0.15, 0.2) is 15.9 Å². The first-order valence-electron chi connectivity index (χ1n) is 9.40. The maximum Gasteiger partial charge on any atom is 0.485 e. The van der Waals surface area contributed by atoms with Crippen LogP contribution in [0.15, 0.2) is 60.7 Å². The van der Waals surface area contributed by atoms with Crippen LogP contribution in [0.5, 0.6) is 5.75 Å². The van der Waals surface area contributed by atoms with Crippen LogP contribution in [-0.4, -0.2) is 24.4 Å². The van der Waals surface area contributed by atoms with Gasteiger partial charge in [-0.25, -0.2) is 13.2 Å². The highest BCUT2D eigenvalue weighted by molar-refractivity contribution is 7.86. The van der Waals surface area contributed by atoms with E-state index < -0.39 is 21.6 Å². The molecule has 4 aromatic rings. The number of aryl methyl sites for hydroxylation is 1. The summed E-state index contributed by atoms with van der Waals surface area (Å²) in [5.41, 5.74) is -3.33. The van der Waals surface area contributed by atoms with Crippen LogP contribution < -0.4 is 9.30 Å². The predicted molar refractivity (Wildman–Crippen MR) is 125 cm³/mol. The van der Waals surface area contributed by atoms with Gasteiger partial charge in [-0.1, -0.05) is 59.1 Å². The number of benzene rings is 3. The van der Waals surface area contributed by atoms with Gasteiger partial charge in [0.2, 0.25) is 11.0 Å². The molecule has 1 heterocycles. The number of halogens is 6. The summed E-state index contributed by atoms with van der Waals surface area (Å²) in [6.07, 6.45) is 0. The summed E-state index contributed by atoms with van der Waals surface area (Å²) in [6.45, 7) is 0. The normalized spacial score (nSPS) is 11.8. The molecule has 0 fully saturated rings. The van der Waals surface area contributed by atoms with Gasteiger partial charge in [0.05, 0.1) is 31.4 Å². The molecule has 0 atom stereocenters. The Labute approximate surface area is 212 Å². The topological polar surface area (TPSA) is 87.4 Å². The summed E-state index contributed by atoms with van der Waals surface area (Å²) in [6, 6.07) is 18.3. The zero-order valence-electron chi connectivity index (χ0n) is 17.4. The van der Waals surface area contributed by atoms with Gasteiger partial charge in [0.25, 0.3) is 0 Å². The average Bonchev–Trinajstić information content (AvgIpc) is 2.77. The Kier molecular flexibility index (Phi) is 7.83. The number of alkyl halides is 3.